The lowest BCUT2D eigenvalue weighted by atomic mass is 10.1. The molecule has 0 spiro atoms. The Morgan fingerprint density at radius 3 is 2.70 bits per heavy atom. The first kappa shape index (κ1) is 25.6. The summed E-state index contributed by atoms with van der Waals surface area (Å²) >= 11 is 0. The number of halogens is 3. The average Bonchev–Trinajstić information content (AvgIpc) is 2.87. The molecular weight excluding hydrogens is 491 g/mol. The van der Waals surface area contributed by atoms with Crippen LogP contribution in [0, 0.1) is 0 Å². The van der Waals surface area contributed by atoms with Crippen LogP contribution in [0.2, 0.25) is 0 Å². The zero-order valence-electron chi connectivity index (χ0n) is 20.0. The molecular formula is C25H24F3N5O4. The number of nitrogens with one attached hydrogen (secondary N) is 3. The van der Waals surface area contributed by atoms with E-state index in [2.05, 4.69) is 25.9 Å². The summed E-state index contributed by atoms with van der Waals surface area (Å²) in [7, 11) is 2.90. The Hall–Kier alpha value is -4.48. The highest BCUT2D eigenvalue weighted by Gasteiger charge is 2.35. The Balaban J connectivity index is 1.80. The minimum absolute atomic E-state index is 0.0833. The lowest BCUT2D eigenvalue weighted by molar-refractivity contribution is -0.137. The van der Waals surface area contributed by atoms with Crippen molar-refractivity contribution in [2.24, 2.45) is 0 Å². The molecule has 1 aromatic heterocycles. The third kappa shape index (κ3) is 6.21. The van der Waals surface area contributed by atoms with E-state index >= 15 is 0 Å². The third-order valence-corrected chi connectivity index (χ3v) is 5.28. The predicted molar refractivity (Wildman–Crippen MR) is 131 cm³/mol. The van der Waals surface area contributed by atoms with Crippen molar-refractivity contribution < 1.29 is 32.2 Å². The van der Waals surface area contributed by atoms with Crippen molar-refractivity contribution in [2.45, 2.75) is 12.6 Å². The number of ether oxygens (including phenoxy) is 3. The van der Waals surface area contributed by atoms with Crippen LogP contribution in [-0.2, 0) is 6.18 Å². The summed E-state index contributed by atoms with van der Waals surface area (Å²) in [5.74, 6) is 0.130. The minimum atomic E-state index is -4.75. The summed E-state index contributed by atoms with van der Waals surface area (Å²) in [6.45, 7) is 0.601. The normalized spacial score (nSPS) is 14.4. The van der Waals surface area contributed by atoms with Crippen LogP contribution in [0.1, 0.15) is 22.3 Å². The average molecular weight is 515 g/mol. The van der Waals surface area contributed by atoms with Gasteiger partial charge in [-0.15, -0.1) is 0 Å². The van der Waals surface area contributed by atoms with Crippen LogP contribution in [0.15, 0.2) is 54.7 Å². The van der Waals surface area contributed by atoms with Gasteiger partial charge in [-0.2, -0.15) is 18.2 Å². The summed E-state index contributed by atoms with van der Waals surface area (Å²) in [5.41, 5.74) is -0.442. The van der Waals surface area contributed by atoms with Crippen LogP contribution in [0.25, 0.3) is 0 Å². The molecule has 4 aliphatic rings. The molecule has 4 aliphatic heterocycles. The number of hydrogen-bond acceptors (Lipinski definition) is 8. The summed E-state index contributed by atoms with van der Waals surface area (Å²) < 4.78 is 58.2. The minimum Gasteiger partial charge on any atom is -0.493 e. The molecule has 0 unspecified atom stereocenters. The molecule has 1 amide bonds. The SMILES string of the molecule is CNC(=O)c1cc2ccc1Nc1nc(ncc1C(F)(F)F)Nc1ccc(c(OC)c1)OC/C=C/CCO2. The standard InChI is InChI=1S/C25H24F3N5O4/c1-29-23(34)17-13-16-7-8-19(17)32-22-18(25(26,27)28)14-30-24(33-22)31-15-6-9-20(21(12-15)35-2)37-11-5-3-4-10-36-16/h3,5-9,12-14H,4,10-11H2,1-2H3,(H,29,34)(H2,30,31,32,33)/b5-3+. The predicted octanol–water partition coefficient (Wildman–Crippen LogP) is 5.07. The Kier molecular flexibility index (Phi) is 7.66. The molecule has 7 rings (SSSR count). The van der Waals surface area contributed by atoms with Gasteiger partial charge in [-0.1, -0.05) is 12.2 Å². The highest BCUT2D eigenvalue weighted by molar-refractivity contribution is 6.00. The number of amides is 1. The van der Waals surface area contributed by atoms with Crippen LogP contribution in [0.5, 0.6) is 17.2 Å². The Labute approximate surface area is 210 Å². The highest BCUT2D eigenvalue weighted by atomic mass is 19.4. The van der Waals surface area contributed by atoms with Gasteiger partial charge in [0.25, 0.3) is 5.91 Å². The number of aromatic nitrogens is 2. The molecule has 0 aliphatic carbocycles. The largest absolute Gasteiger partial charge is 0.493 e. The van der Waals surface area contributed by atoms with Gasteiger partial charge in [0.15, 0.2) is 11.5 Å². The first-order valence-electron chi connectivity index (χ1n) is 11.2. The van der Waals surface area contributed by atoms with Crippen molar-refractivity contribution in [3.8, 4) is 17.2 Å². The zero-order valence-corrected chi connectivity index (χ0v) is 20.0. The van der Waals surface area contributed by atoms with Gasteiger partial charge < -0.3 is 30.2 Å². The smallest absolute Gasteiger partial charge is 0.421 e. The molecule has 3 aromatic rings. The van der Waals surface area contributed by atoms with Crippen molar-refractivity contribution >= 4 is 29.0 Å². The Morgan fingerprint density at radius 1 is 1.11 bits per heavy atom. The molecule has 3 N–H and O–H groups in total. The second-order valence-corrected chi connectivity index (χ2v) is 7.78. The van der Waals surface area contributed by atoms with Gasteiger partial charge in [-0.05, 0) is 36.8 Å². The Bertz CT molecular complexity index is 1310. The van der Waals surface area contributed by atoms with E-state index in [0.29, 0.717) is 42.2 Å². The van der Waals surface area contributed by atoms with E-state index in [1.54, 1.807) is 24.3 Å². The molecule has 12 heteroatoms. The second-order valence-electron chi connectivity index (χ2n) is 7.78. The number of rotatable bonds is 2. The Morgan fingerprint density at radius 2 is 1.95 bits per heavy atom. The number of anilines is 4. The lowest BCUT2D eigenvalue weighted by Crippen LogP contribution is -2.20. The zero-order chi connectivity index (χ0) is 26.4. The third-order valence-electron chi connectivity index (χ3n) is 5.28. The monoisotopic (exact) mass is 515 g/mol. The number of carbonyl (C=O) groups is 1. The topological polar surface area (TPSA) is 107 Å². The maximum atomic E-state index is 13.8. The van der Waals surface area contributed by atoms with E-state index in [9.17, 15) is 18.0 Å². The molecule has 0 radical (unpaired) electrons. The molecule has 9 nitrogen and oxygen atoms in total. The second kappa shape index (κ2) is 11.1. The molecule has 2 aromatic carbocycles. The highest BCUT2D eigenvalue weighted by Crippen LogP contribution is 2.37. The first-order chi connectivity index (χ1) is 17.8. The lowest BCUT2D eigenvalue weighted by Gasteiger charge is -2.17. The van der Waals surface area contributed by atoms with Gasteiger partial charge in [0.05, 0.1) is 25.0 Å². The fourth-order valence-electron chi connectivity index (χ4n) is 3.48. The fraction of sp³-hybridized carbons (Fsp3) is 0.240. The van der Waals surface area contributed by atoms with E-state index in [0.717, 1.165) is 0 Å². The van der Waals surface area contributed by atoms with Crippen molar-refractivity contribution in [2.75, 3.05) is 38.0 Å². The van der Waals surface area contributed by atoms with Crippen molar-refractivity contribution in [3.63, 3.8) is 0 Å². The summed E-state index contributed by atoms with van der Waals surface area (Å²) in [4.78, 5) is 20.4. The molecule has 194 valence electrons. The molecule has 0 fully saturated rings. The number of benzene rings is 2. The molecule has 0 atom stereocenters. The molecule has 5 heterocycles. The van der Waals surface area contributed by atoms with E-state index in [1.807, 2.05) is 12.2 Å². The summed E-state index contributed by atoms with van der Waals surface area (Å²) in [5, 5.41) is 8.01. The summed E-state index contributed by atoms with van der Waals surface area (Å²) in [6.07, 6.45) is 0.215. The number of methoxy groups -OCH3 is 1. The van der Waals surface area contributed by atoms with Crippen LogP contribution in [0.3, 0.4) is 0 Å². The molecule has 0 saturated carbocycles. The van der Waals surface area contributed by atoms with Gasteiger partial charge in [-0.25, -0.2) is 4.98 Å². The maximum absolute atomic E-state index is 13.8. The van der Waals surface area contributed by atoms with E-state index < -0.39 is 23.5 Å². The fourth-order valence-corrected chi connectivity index (χ4v) is 3.48. The van der Waals surface area contributed by atoms with E-state index in [1.165, 1.54) is 26.3 Å². The van der Waals surface area contributed by atoms with Crippen molar-refractivity contribution in [3.05, 3.63) is 65.9 Å². The van der Waals surface area contributed by atoms with Gasteiger partial charge in [0.1, 0.15) is 23.7 Å². The number of alkyl halides is 3. The molecule has 37 heavy (non-hydrogen) atoms. The van der Waals surface area contributed by atoms with E-state index in [-0.39, 0.29) is 23.8 Å². The van der Waals surface area contributed by atoms with Crippen molar-refractivity contribution in [1.29, 1.82) is 0 Å². The number of hydrogen-bond donors (Lipinski definition) is 3. The first-order valence-corrected chi connectivity index (χ1v) is 11.2. The van der Waals surface area contributed by atoms with Gasteiger partial charge in [0, 0.05) is 25.0 Å². The van der Waals surface area contributed by atoms with Gasteiger partial charge in [0.2, 0.25) is 5.95 Å². The molecule has 0 saturated heterocycles. The van der Waals surface area contributed by atoms with Gasteiger partial charge in [-0.3, -0.25) is 4.79 Å². The quantitative estimate of drug-likeness (QED) is 0.407. The van der Waals surface area contributed by atoms with Crippen LogP contribution in [0.4, 0.5) is 36.3 Å². The number of carbonyl (C=O) groups excluding carboxylic acids is 1. The van der Waals surface area contributed by atoms with Crippen LogP contribution >= 0.6 is 0 Å². The van der Waals surface area contributed by atoms with E-state index in [4.69, 9.17) is 14.2 Å². The van der Waals surface area contributed by atoms with Crippen LogP contribution < -0.4 is 30.2 Å². The maximum Gasteiger partial charge on any atom is 0.421 e. The van der Waals surface area contributed by atoms with Crippen LogP contribution in [-0.4, -0.2) is 43.2 Å². The summed E-state index contributed by atoms with van der Waals surface area (Å²) in [6, 6.07) is 9.40. The van der Waals surface area contributed by atoms with Gasteiger partial charge >= 0.3 is 6.18 Å². The molecule has 6 bridgehead atoms. The van der Waals surface area contributed by atoms with Crippen molar-refractivity contribution in [1.82, 2.24) is 15.3 Å². The number of nitrogens with zero attached hydrogens (tertiary/aromatic N) is 2.